The van der Waals surface area contributed by atoms with Crippen LogP contribution in [-0.4, -0.2) is 11.5 Å². The van der Waals surface area contributed by atoms with E-state index in [-0.39, 0.29) is 11.6 Å². The summed E-state index contributed by atoms with van der Waals surface area (Å²) < 4.78 is 13.3. The van der Waals surface area contributed by atoms with E-state index in [0.29, 0.717) is 11.3 Å². The largest absolute Gasteiger partial charge is 0.289 e. The molecule has 0 fully saturated rings. The van der Waals surface area contributed by atoms with Gasteiger partial charge in [0.05, 0.1) is 0 Å². The Hall–Kier alpha value is -1.87. The lowest BCUT2D eigenvalue weighted by Crippen LogP contribution is -2.12. The number of thioether (sulfide) groups is 1. The second-order valence-corrected chi connectivity index (χ2v) is 6.04. The van der Waals surface area contributed by atoms with E-state index in [0.717, 1.165) is 22.5 Å². The Morgan fingerprint density at radius 1 is 1.19 bits per heavy atom. The van der Waals surface area contributed by atoms with Crippen molar-refractivity contribution in [1.29, 1.82) is 0 Å². The van der Waals surface area contributed by atoms with E-state index < -0.39 is 0 Å². The van der Waals surface area contributed by atoms with Gasteiger partial charge in [0, 0.05) is 21.8 Å². The van der Waals surface area contributed by atoms with E-state index in [1.54, 1.807) is 17.8 Å². The van der Waals surface area contributed by atoms with Gasteiger partial charge in [-0.15, -0.1) is 11.8 Å². The number of aryl methyl sites for hydroxylation is 1. The topological polar surface area (TPSA) is 17.1 Å². The lowest BCUT2D eigenvalue weighted by atomic mass is 10.0. The van der Waals surface area contributed by atoms with Crippen molar-refractivity contribution in [3.63, 3.8) is 0 Å². The molecule has 0 bridgehead atoms. The molecule has 106 valence electrons. The molecule has 2 aromatic rings. The molecule has 1 aliphatic rings. The van der Waals surface area contributed by atoms with E-state index in [4.69, 9.17) is 0 Å². The quantitative estimate of drug-likeness (QED) is 0.744. The van der Waals surface area contributed by atoms with Crippen molar-refractivity contribution in [2.75, 3.05) is 5.75 Å². The maximum Gasteiger partial charge on any atom is 0.191 e. The van der Waals surface area contributed by atoms with E-state index in [1.165, 1.54) is 17.7 Å². The zero-order valence-electron chi connectivity index (χ0n) is 11.7. The predicted molar refractivity (Wildman–Crippen MR) is 85.3 cm³/mol. The van der Waals surface area contributed by atoms with Crippen LogP contribution in [0.5, 0.6) is 0 Å². The summed E-state index contributed by atoms with van der Waals surface area (Å²) in [5, 5.41) is 0. The third-order valence-electron chi connectivity index (χ3n) is 3.59. The molecule has 0 radical (unpaired) electrons. The Bertz CT molecular complexity index is 716. The van der Waals surface area contributed by atoms with Gasteiger partial charge in [-0.25, -0.2) is 4.39 Å². The van der Waals surface area contributed by atoms with Crippen molar-refractivity contribution in [3.05, 3.63) is 70.5 Å². The van der Waals surface area contributed by atoms with Gasteiger partial charge in [-0.05, 0) is 41.8 Å². The van der Waals surface area contributed by atoms with Crippen LogP contribution in [0.4, 0.5) is 4.39 Å². The number of carbonyl (C=O) groups excluding carboxylic acids is 1. The fourth-order valence-electron chi connectivity index (χ4n) is 2.36. The average Bonchev–Trinajstić information content (AvgIpc) is 2.51. The molecule has 3 heteroatoms. The molecule has 1 aliphatic heterocycles. The summed E-state index contributed by atoms with van der Waals surface area (Å²) in [6.45, 7) is 2.11. The summed E-state index contributed by atoms with van der Waals surface area (Å²) in [4.78, 5) is 13.3. The van der Waals surface area contributed by atoms with Crippen LogP contribution in [0, 0.1) is 5.82 Å². The van der Waals surface area contributed by atoms with Crippen molar-refractivity contribution in [2.45, 2.75) is 18.2 Å². The van der Waals surface area contributed by atoms with Crippen LogP contribution in [0.15, 0.2) is 52.9 Å². The third kappa shape index (κ3) is 2.93. The second-order valence-electron chi connectivity index (χ2n) is 5.02. The second kappa shape index (κ2) is 5.86. The third-order valence-corrected chi connectivity index (χ3v) is 4.71. The number of fused-ring (bicyclic) bond motifs is 1. The SMILES string of the molecule is CCc1ccc(C=C2CSc3ccc(F)cc3C2=O)cc1. The highest BCUT2D eigenvalue weighted by Crippen LogP contribution is 2.33. The maximum atomic E-state index is 13.3. The molecule has 0 unspecified atom stereocenters. The van der Waals surface area contributed by atoms with Crippen molar-refractivity contribution >= 4 is 23.6 Å². The monoisotopic (exact) mass is 298 g/mol. The summed E-state index contributed by atoms with van der Waals surface area (Å²) in [6, 6.07) is 12.6. The van der Waals surface area contributed by atoms with Gasteiger partial charge in [0.1, 0.15) is 5.82 Å². The van der Waals surface area contributed by atoms with Crippen LogP contribution in [-0.2, 0) is 6.42 Å². The minimum Gasteiger partial charge on any atom is -0.289 e. The Labute approximate surface area is 127 Å². The number of Topliss-reactive ketones (excluding diaryl/α,β-unsaturated/α-hetero) is 1. The van der Waals surface area contributed by atoms with Gasteiger partial charge in [-0.1, -0.05) is 31.2 Å². The molecular weight excluding hydrogens is 283 g/mol. The van der Waals surface area contributed by atoms with Crippen molar-refractivity contribution in [2.24, 2.45) is 0 Å². The molecule has 2 aromatic carbocycles. The van der Waals surface area contributed by atoms with E-state index in [9.17, 15) is 9.18 Å². The number of halogens is 1. The number of hydrogen-bond acceptors (Lipinski definition) is 2. The first-order chi connectivity index (χ1) is 10.2. The fraction of sp³-hybridized carbons (Fsp3) is 0.167. The minimum atomic E-state index is -0.365. The van der Waals surface area contributed by atoms with Crippen molar-refractivity contribution in [3.8, 4) is 0 Å². The standard InChI is InChI=1S/C18H15FOS/c1-2-12-3-5-13(6-4-12)9-14-11-21-17-8-7-15(19)10-16(17)18(14)20/h3-10H,2,11H2,1H3. The van der Waals surface area contributed by atoms with Crippen LogP contribution < -0.4 is 0 Å². The Kier molecular flexibility index (Phi) is 3.93. The first-order valence-corrected chi connectivity index (χ1v) is 7.92. The van der Waals surface area contributed by atoms with E-state index >= 15 is 0 Å². The number of benzene rings is 2. The number of ketones is 1. The summed E-state index contributed by atoms with van der Waals surface area (Å²) in [5.41, 5.74) is 3.48. The highest BCUT2D eigenvalue weighted by molar-refractivity contribution is 7.99. The molecule has 1 heterocycles. The smallest absolute Gasteiger partial charge is 0.191 e. The summed E-state index contributed by atoms with van der Waals surface area (Å²) >= 11 is 1.58. The van der Waals surface area contributed by atoms with Gasteiger partial charge in [0.25, 0.3) is 0 Å². The summed E-state index contributed by atoms with van der Waals surface area (Å²) in [5.74, 6) is 0.201. The van der Waals surface area contributed by atoms with Gasteiger partial charge in [0.2, 0.25) is 0 Å². The molecule has 0 saturated heterocycles. The van der Waals surface area contributed by atoms with Crippen LogP contribution in [0.1, 0.15) is 28.4 Å². The molecule has 0 N–H and O–H groups in total. The van der Waals surface area contributed by atoms with Gasteiger partial charge >= 0.3 is 0 Å². The molecule has 0 saturated carbocycles. The highest BCUT2D eigenvalue weighted by atomic mass is 32.2. The molecular formula is C18H15FOS. The zero-order chi connectivity index (χ0) is 14.8. The molecule has 0 aliphatic carbocycles. The van der Waals surface area contributed by atoms with Gasteiger partial charge in [-0.2, -0.15) is 0 Å². The summed E-state index contributed by atoms with van der Waals surface area (Å²) in [7, 11) is 0. The molecule has 1 nitrogen and oxygen atoms in total. The van der Waals surface area contributed by atoms with Crippen LogP contribution in [0.2, 0.25) is 0 Å². The van der Waals surface area contributed by atoms with Crippen molar-refractivity contribution in [1.82, 2.24) is 0 Å². The summed E-state index contributed by atoms with van der Waals surface area (Å²) in [6.07, 6.45) is 2.90. The lowest BCUT2D eigenvalue weighted by molar-refractivity contribution is 0.103. The van der Waals surface area contributed by atoms with Crippen LogP contribution in [0.3, 0.4) is 0 Å². The number of rotatable bonds is 2. The molecule has 3 rings (SSSR count). The molecule has 0 atom stereocenters. The minimum absolute atomic E-state index is 0.0668. The van der Waals surface area contributed by atoms with Crippen LogP contribution >= 0.6 is 11.8 Å². The first kappa shape index (κ1) is 14.1. The Morgan fingerprint density at radius 3 is 2.67 bits per heavy atom. The Morgan fingerprint density at radius 2 is 1.95 bits per heavy atom. The molecule has 0 aromatic heterocycles. The van der Waals surface area contributed by atoms with Crippen molar-refractivity contribution < 1.29 is 9.18 Å². The first-order valence-electron chi connectivity index (χ1n) is 6.94. The highest BCUT2D eigenvalue weighted by Gasteiger charge is 2.22. The number of carbonyl (C=O) groups is 1. The number of hydrogen-bond donors (Lipinski definition) is 0. The molecule has 0 spiro atoms. The molecule has 0 amide bonds. The Balaban J connectivity index is 1.93. The van der Waals surface area contributed by atoms with Crippen LogP contribution in [0.25, 0.3) is 6.08 Å². The lowest BCUT2D eigenvalue weighted by Gasteiger charge is -2.17. The maximum absolute atomic E-state index is 13.3. The molecule has 21 heavy (non-hydrogen) atoms. The average molecular weight is 298 g/mol. The van der Waals surface area contributed by atoms with E-state index in [1.807, 2.05) is 18.2 Å². The van der Waals surface area contributed by atoms with E-state index in [2.05, 4.69) is 19.1 Å². The van der Waals surface area contributed by atoms with Gasteiger partial charge < -0.3 is 0 Å². The normalized spacial score (nSPS) is 16.1. The zero-order valence-corrected chi connectivity index (χ0v) is 12.5. The predicted octanol–water partition coefficient (Wildman–Crippen LogP) is 4.76. The van der Waals surface area contributed by atoms with Gasteiger partial charge in [0.15, 0.2) is 5.78 Å². The fourth-order valence-corrected chi connectivity index (χ4v) is 3.35. The van der Waals surface area contributed by atoms with Gasteiger partial charge in [-0.3, -0.25) is 4.79 Å².